The average molecular weight is 155 g/mol. The van der Waals surface area contributed by atoms with Crippen LogP contribution in [-0.2, 0) is 0 Å². The van der Waals surface area contributed by atoms with Crippen molar-refractivity contribution in [1.29, 1.82) is 0 Å². The quantitative estimate of drug-likeness (QED) is 0.663. The number of rotatable bonds is 4. The molecule has 1 saturated carbocycles. The summed E-state index contributed by atoms with van der Waals surface area (Å²) in [6.45, 7) is 2.11. The molecule has 1 heteroatoms. The van der Waals surface area contributed by atoms with Crippen molar-refractivity contribution >= 4 is 0 Å². The van der Waals surface area contributed by atoms with Gasteiger partial charge in [-0.3, -0.25) is 0 Å². The van der Waals surface area contributed by atoms with Crippen molar-refractivity contribution in [3.8, 4) is 0 Å². The molecule has 0 radical (unpaired) electrons. The van der Waals surface area contributed by atoms with Gasteiger partial charge in [-0.05, 0) is 19.3 Å². The smallest absolute Gasteiger partial charge is 0.00104 e. The van der Waals surface area contributed by atoms with E-state index in [1.54, 1.807) is 0 Å². The van der Waals surface area contributed by atoms with E-state index in [-0.39, 0.29) is 0 Å². The summed E-state index contributed by atoms with van der Waals surface area (Å²) in [6.07, 6.45) is 9.92. The topological polar surface area (TPSA) is 26.0 Å². The summed E-state index contributed by atoms with van der Waals surface area (Å²) < 4.78 is 0. The maximum atomic E-state index is 5.68. The summed E-state index contributed by atoms with van der Waals surface area (Å²) in [5.74, 6) is 1.05. The summed E-state index contributed by atoms with van der Waals surface area (Å²) in [6, 6.07) is 0.413. The van der Waals surface area contributed by atoms with Gasteiger partial charge in [0.05, 0.1) is 0 Å². The molecule has 1 nitrogen and oxygen atoms in total. The molecule has 0 aromatic heterocycles. The second-order valence-corrected chi connectivity index (χ2v) is 4.06. The highest BCUT2D eigenvalue weighted by Crippen LogP contribution is 2.28. The minimum absolute atomic E-state index is 0.413. The summed E-state index contributed by atoms with van der Waals surface area (Å²) in [5, 5.41) is 0. The molecule has 11 heavy (non-hydrogen) atoms. The van der Waals surface area contributed by atoms with Gasteiger partial charge in [-0.1, -0.05) is 38.5 Å². The maximum Gasteiger partial charge on any atom is 0.00104 e. The van der Waals surface area contributed by atoms with Gasteiger partial charge in [-0.15, -0.1) is 0 Å². The van der Waals surface area contributed by atoms with Crippen LogP contribution in [0.3, 0.4) is 0 Å². The van der Waals surface area contributed by atoms with Crippen molar-refractivity contribution in [3.05, 3.63) is 0 Å². The first-order valence-electron chi connectivity index (χ1n) is 5.04. The predicted molar refractivity (Wildman–Crippen MR) is 49.5 cm³/mol. The zero-order valence-corrected chi connectivity index (χ0v) is 7.68. The van der Waals surface area contributed by atoms with Crippen LogP contribution >= 0.6 is 0 Å². The van der Waals surface area contributed by atoms with E-state index >= 15 is 0 Å². The minimum Gasteiger partial charge on any atom is -0.328 e. The highest BCUT2D eigenvalue weighted by molar-refractivity contribution is 4.67. The van der Waals surface area contributed by atoms with Gasteiger partial charge in [0, 0.05) is 6.04 Å². The molecule has 66 valence electrons. The van der Waals surface area contributed by atoms with Crippen molar-refractivity contribution in [2.45, 2.75) is 57.9 Å². The van der Waals surface area contributed by atoms with Gasteiger partial charge in [0.25, 0.3) is 0 Å². The molecule has 0 aliphatic heterocycles. The average Bonchev–Trinajstić information content (AvgIpc) is 2.39. The summed E-state index contributed by atoms with van der Waals surface area (Å²) >= 11 is 0. The first kappa shape index (κ1) is 9.05. The van der Waals surface area contributed by atoms with Crippen LogP contribution in [0.1, 0.15) is 51.9 Å². The fourth-order valence-corrected chi connectivity index (χ4v) is 2.03. The summed E-state index contributed by atoms with van der Waals surface area (Å²) in [4.78, 5) is 0. The van der Waals surface area contributed by atoms with Crippen LogP contribution in [0.4, 0.5) is 0 Å². The number of nitrogens with two attached hydrogens (primary N) is 1. The molecule has 0 amide bonds. The van der Waals surface area contributed by atoms with Crippen molar-refractivity contribution < 1.29 is 0 Å². The lowest BCUT2D eigenvalue weighted by molar-refractivity contribution is 0.459. The highest BCUT2D eigenvalue weighted by Gasteiger charge is 2.13. The highest BCUT2D eigenvalue weighted by atomic mass is 14.6. The fraction of sp³-hybridized carbons (Fsp3) is 1.00. The molecule has 0 aromatic carbocycles. The van der Waals surface area contributed by atoms with Crippen LogP contribution in [0.15, 0.2) is 0 Å². The lowest BCUT2D eigenvalue weighted by Crippen LogP contribution is -2.14. The van der Waals surface area contributed by atoms with Crippen molar-refractivity contribution in [2.24, 2.45) is 11.7 Å². The van der Waals surface area contributed by atoms with E-state index in [2.05, 4.69) is 6.92 Å². The Balaban J connectivity index is 1.94. The molecule has 0 spiro atoms. The Morgan fingerprint density at radius 2 is 2.00 bits per heavy atom. The summed E-state index contributed by atoms with van der Waals surface area (Å²) in [5.41, 5.74) is 5.68. The van der Waals surface area contributed by atoms with Gasteiger partial charge in [-0.25, -0.2) is 0 Å². The van der Waals surface area contributed by atoms with Crippen LogP contribution in [-0.4, -0.2) is 6.04 Å². The standard InChI is InChI=1S/C10H21N/c1-9(11)5-4-8-10-6-2-3-7-10/h9-10H,2-8,11H2,1H3. The third-order valence-electron chi connectivity index (χ3n) is 2.75. The molecule has 0 saturated heterocycles. The van der Waals surface area contributed by atoms with E-state index in [0.29, 0.717) is 6.04 Å². The van der Waals surface area contributed by atoms with Gasteiger partial charge < -0.3 is 5.73 Å². The number of hydrogen-bond donors (Lipinski definition) is 1. The lowest BCUT2D eigenvalue weighted by Gasteiger charge is -2.09. The molecule has 1 aliphatic carbocycles. The van der Waals surface area contributed by atoms with E-state index in [0.717, 1.165) is 5.92 Å². The number of hydrogen-bond acceptors (Lipinski definition) is 1. The van der Waals surface area contributed by atoms with Crippen LogP contribution in [0, 0.1) is 5.92 Å². The lowest BCUT2D eigenvalue weighted by atomic mass is 9.99. The zero-order chi connectivity index (χ0) is 8.10. The normalized spacial score (nSPS) is 22.4. The molecule has 1 atom stereocenters. The molecule has 1 rings (SSSR count). The van der Waals surface area contributed by atoms with Gasteiger partial charge in [0.15, 0.2) is 0 Å². The molecule has 1 unspecified atom stereocenters. The minimum atomic E-state index is 0.413. The molecule has 1 aliphatic rings. The van der Waals surface area contributed by atoms with Crippen LogP contribution in [0.5, 0.6) is 0 Å². The summed E-state index contributed by atoms with van der Waals surface area (Å²) in [7, 11) is 0. The molecular formula is C10H21N. The Hall–Kier alpha value is -0.0400. The third kappa shape index (κ3) is 3.76. The van der Waals surface area contributed by atoms with Gasteiger partial charge in [0.2, 0.25) is 0 Å². The SMILES string of the molecule is CC(N)CCCC1CCCC1. The van der Waals surface area contributed by atoms with Crippen molar-refractivity contribution in [1.82, 2.24) is 0 Å². The Labute approximate surface area is 70.4 Å². The van der Waals surface area contributed by atoms with Crippen molar-refractivity contribution in [3.63, 3.8) is 0 Å². The van der Waals surface area contributed by atoms with E-state index in [9.17, 15) is 0 Å². The van der Waals surface area contributed by atoms with E-state index < -0.39 is 0 Å². The molecule has 2 N–H and O–H groups in total. The molecule has 0 aromatic rings. The third-order valence-corrected chi connectivity index (χ3v) is 2.75. The monoisotopic (exact) mass is 155 g/mol. The Kier molecular flexibility index (Phi) is 3.92. The van der Waals surface area contributed by atoms with E-state index in [4.69, 9.17) is 5.73 Å². The molecule has 0 bridgehead atoms. The Morgan fingerprint density at radius 3 is 2.55 bits per heavy atom. The van der Waals surface area contributed by atoms with Crippen LogP contribution in [0.2, 0.25) is 0 Å². The van der Waals surface area contributed by atoms with Crippen LogP contribution in [0.25, 0.3) is 0 Å². The Bertz CT molecular complexity index is 93.0. The zero-order valence-electron chi connectivity index (χ0n) is 7.68. The second-order valence-electron chi connectivity index (χ2n) is 4.06. The Morgan fingerprint density at radius 1 is 1.36 bits per heavy atom. The molecular weight excluding hydrogens is 134 g/mol. The van der Waals surface area contributed by atoms with E-state index in [1.807, 2.05) is 0 Å². The second kappa shape index (κ2) is 4.76. The fourth-order valence-electron chi connectivity index (χ4n) is 2.03. The van der Waals surface area contributed by atoms with Gasteiger partial charge in [0.1, 0.15) is 0 Å². The predicted octanol–water partition coefficient (Wildman–Crippen LogP) is 2.69. The van der Waals surface area contributed by atoms with Gasteiger partial charge >= 0.3 is 0 Å². The molecule has 1 fully saturated rings. The maximum absolute atomic E-state index is 5.68. The first-order valence-corrected chi connectivity index (χ1v) is 5.04. The molecule has 0 heterocycles. The van der Waals surface area contributed by atoms with Crippen LogP contribution < -0.4 is 5.73 Å². The van der Waals surface area contributed by atoms with Gasteiger partial charge in [-0.2, -0.15) is 0 Å². The van der Waals surface area contributed by atoms with Crippen molar-refractivity contribution in [2.75, 3.05) is 0 Å². The van der Waals surface area contributed by atoms with E-state index in [1.165, 1.54) is 44.9 Å². The largest absolute Gasteiger partial charge is 0.328 e. The first-order chi connectivity index (χ1) is 5.29.